The molecule has 1 rings (SSSR count). The highest BCUT2D eigenvalue weighted by Gasteiger charge is 2.31. The zero-order valence-corrected chi connectivity index (χ0v) is 9.07. The molecule has 0 aromatic rings. The van der Waals surface area contributed by atoms with E-state index in [2.05, 4.69) is 20.4 Å². The van der Waals surface area contributed by atoms with Gasteiger partial charge in [-0.3, -0.25) is 0 Å². The Morgan fingerprint density at radius 1 is 1.46 bits per heavy atom. The molecular weight excluding hydrogens is 160 g/mol. The number of hydrogen-bond donors (Lipinski definition) is 0. The maximum absolute atomic E-state index is 5.93. The molecule has 0 bridgehead atoms. The number of ether oxygens (including phenoxy) is 1. The molecule has 1 aliphatic rings. The number of unbranched alkanes of at least 4 members (excludes halogenated alkanes) is 1. The average molecular weight is 182 g/mol. The quantitative estimate of drug-likeness (QED) is 0.602. The normalized spacial score (nSPS) is 29.2. The van der Waals surface area contributed by atoms with Gasteiger partial charge in [0.15, 0.2) is 0 Å². The predicted molar refractivity (Wildman–Crippen MR) is 56.9 cm³/mol. The van der Waals surface area contributed by atoms with E-state index in [1.807, 2.05) is 0 Å². The van der Waals surface area contributed by atoms with Gasteiger partial charge in [0.2, 0.25) is 0 Å². The van der Waals surface area contributed by atoms with Crippen LogP contribution in [0, 0.1) is 0 Å². The van der Waals surface area contributed by atoms with Gasteiger partial charge >= 0.3 is 0 Å². The summed E-state index contributed by atoms with van der Waals surface area (Å²) in [4.78, 5) is 0. The molecule has 1 nitrogen and oxygen atoms in total. The Morgan fingerprint density at radius 2 is 2.23 bits per heavy atom. The fourth-order valence-electron chi connectivity index (χ4n) is 2.07. The van der Waals surface area contributed by atoms with Gasteiger partial charge in [-0.05, 0) is 25.7 Å². The van der Waals surface area contributed by atoms with Crippen molar-refractivity contribution in [2.75, 3.05) is 6.61 Å². The first-order valence-electron chi connectivity index (χ1n) is 5.53. The lowest BCUT2D eigenvalue weighted by Crippen LogP contribution is -2.36. The first kappa shape index (κ1) is 10.8. The summed E-state index contributed by atoms with van der Waals surface area (Å²) in [5.74, 6) is 0. The topological polar surface area (TPSA) is 9.23 Å². The molecule has 0 aromatic heterocycles. The highest BCUT2D eigenvalue weighted by atomic mass is 16.5. The molecule has 1 atom stereocenters. The third-order valence-corrected chi connectivity index (χ3v) is 3.07. The standard InChI is InChI=1S/C12H22O/c1-4-6-8-12(5-2)10-11(3)7-9-13-12/h3-10H2,1-2H3. The predicted octanol–water partition coefficient (Wildman–Crippen LogP) is 3.69. The van der Waals surface area contributed by atoms with Crippen LogP contribution < -0.4 is 0 Å². The summed E-state index contributed by atoms with van der Waals surface area (Å²) < 4.78 is 5.93. The van der Waals surface area contributed by atoms with Crippen LogP contribution in [0.1, 0.15) is 52.4 Å². The van der Waals surface area contributed by atoms with E-state index in [0.717, 1.165) is 25.9 Å². The zero-order chi connectivity index (χ0) is 9.73. The monoisotopic (exact) mass is 182 g/mol. The molecule has 0 saturated carbocycles. The van der Waals surface area contributed by atoms with Crippen molar-refractivity contribution in [3.05, 3.63) is 12.2 Å². The van der Waals surface area contributed by atoms with Crippen molar-refractivity contribution >= 4 is 0 Å². The van der Waals surface area contributed by atoms with Crippen molar-refractivity contribution in [1.82, 2.24) is 0 Å². The summed E-state index contributed by atoms with van der Waals surface area (Å²) in [6, 6.07) is 0. The second-order valence-corrected chi connectivity index (χ2v) is 4.17. The van der Waals surface area contributed by atoms with Crippen LogP contribution >= 0.6 is 0 Å². The Balaban J connectivity index is 2.51. The lowest BCUT2D eigenvalue weighted by Gasteiger charge is -2.37. The second-order valence-electron chi connectivity index (χ2n) is 4.17. The summed E-state index contributed by atoms with van der Waals surface area (Å²) in [7, 11) is 0. The van der Waals surface area contributed by atoms with Gasteiger partial charge in [-0.15, -0.1) is 0 Å². The van der Waals surface area contributed by atoms with E-state index in [1.54, 1.807) is 0 Å². The van der Waals surface area contributed by atoms with Crippen LogP contribution in [-0.2, 0) is 4.74 Å². The van der Waals surface area contributed by atoms with Gasteiger partial charge < -0.3 is 4.74 Å². The van der Waals surface area contributed by atoms with Crippen LogP contribution in [0.2, 0.25) is 0 Å². The molecule has 0 aromatic carbocycles. The van der Waals surface area contributed by atoms with Gasteiger partial charge in [-0.25, -0.2) is 0 Å². The van der Waals surface area contributed by atoms with Gasteiger partial charge in [0, 0.05) is 0 Å². The summed E-state index contributed by atoms with van der Waals surface area (Å²) in [5, 5.41) is 0. The Morgan fingerprint density at radius 3 is 2.77 bits per heavy atom. The van der Waals surface area contributed by atoms with E-state index in [9.17, 15) is 0 Å². The van der Waals surface area contributed by atoms with Gasteiger partial charge in [0.25, 0.3) is 0 Å². The summed E-state index contributed by atoms with van der Waals surface area (Å²) in [6.07, 6.45) is 7.03. The Kier molecular flexibility index (Phi) is 3.98. The van der Waals surface area contributed by atoms with Crippen LogP contribution in [0.3, 0.4) is 0 Å². The summed E-state index contributed by atoms with van der Waals surface area (Å²) in [5.41, 5.74) is 1.52. The van der Waals surface area contributed by atoms with Gasteiger partial charge in [-0.2, -0.15) is 0 Å². The first-order valence-corrected chi connectivity index (χ1v) is 5.53. The molecule has 0 N–H and O–H groups in total. The van der Waals surface area contributed by atoms with Crippen molar-refractivity contribution in [1.29, 1.82) is 0 Å². The van der Waals surface area contributed by atoms with Crippen molar-refractivity contribution in [2.45, 2.75) is 58.0 Å². The van der Waals surface area contributed by atoms with Gasteiger partial charge in [0.05, 0.1) is 12.2 Å². The maximum Gasteiger partial charge on any atom is 0.0716 e. The minimum absolute atomic E-state index is 0.144. The molecular formula is C12H22O. The second kappa shape index (κ2) is 4.80. The molecule has 1 unspecified atom stereocenters. The third-order valence-electron chi connectivity index (χ3n) is 3.07. The van der Waals surface area contributed by atoms with Crippen molar-refractivity contribution in [2.24, 2.45) is 0 Å². The van der Waals surface area contributed by atoms with Crippen molar-refractivity contribution < 1.29 is 4.74 Å². The molecule has 0 aliphatic carbocycles. The molecule has 1 saturated heterocycles. The lowest BCUT2D eigenvalue weighted by atomic mass is 9.84. The molecule has 13 heavy (non-hydrogen) atoms. The van der Waals surface area contributed by atoms with E-state index in [4.69, 9.17) is 4.74 Å². The smallest absolute Gasteiger partial charge is 0.0716 e. The largest absolute Gasteiger partial charge is 0.374 e. The highest BCUT2D eigenvalue weighted by molar-refractivity contribution is 5.04. The first-order chi connectivity index (χ1) is 6.22. The molecule has 76 valence electrons. The molecule has 0 radical (unpaired) electrons. The third kappa shape index (κ3) is 2.84. The summed E-state index contributed by atoms with van der Waals surface area (Å²) >= 11 is 0. The van der Waals surface area contributed by atoms with Crippen LogP contribution in [0.4, 0.5) is 0 Å². The van der Waals surface area contributed by atoms with Crippen molar-refractivity contribution in [3.63, 3.8) is 0 Å². The van der Waals surface area contributed by atoms with Crippen molar-refractivity contribution in [3.8, 4) is 0 Å². The van der Waals surface area contributed by atoms with Crippen LogP contribution in [0.25, 0.3) is 0 Å². The Bertz CT molecular complexity index is 174. The summed E-state index contributed by atoms with van der Waals surface area (Å²) in [6.45, 7) is 9.44. The van der Waals surface area contributed by atoms with Crippen LogP contribution in [-0.4, -0.2) is 12.2 Å². The average Bonchev–Trinajstić information content (AvgIpc) is 2.15. The van der Waals surface area contributed by atoms with E-state index >= 15 is 0 Å². The van der Waals surface area contributed by atoms with E-state index in [0.29, 0.717) is 0 Å². The zero-order valence-electron chi connectivity index (χ0n) is 9.07. The van der Waals surface area contributed by atoms with E-state index in [-0.39, 0.29) is 5.60 Å². The SMILES string of the molecule is C=C1CCOC(CC)(CCCC)C1. The lowest BCUT2D eigenvalue weighted by molar-refractivity contribution is -0.0704. The highest BCUT2D eigenvalue weighted by Crippen LogP contribution is 2.34. The van der Waals surface area contributed by atoms with Gasteiger partial charge in [0.1, 0.15) is 0 Å². The fraction of sp³-hybridized carbons (Fsp3) is 0.833. The van der Waals surface area contributed by atoms with Crippen LogP contribution in [0.5, 0.6) is 0 Å². The fourth-order valence-corrected chi connectivity index (χ4v) is 2.07. The maximum atomic E-state index is 5.93. The minimum Gasteiger partial charge on any atom is -0.374 e. The van der Waals surface area contributed by atoms with E-state index < -0.39 is 0 Å². The Labute approximate surface area is 82.2 Å². The number of hydrogen-bond acceptors (Lipinski definition) is 1. The van der Waals surface area contributed by atoms with Gasteiger partial charge in [-0.1, -0.05) is 38.8 Å². The minimum atomic E-state index is 0.144. The molecule has 1 aliphatic heterocycles. The molecule has 1 fully saturated rings. The Hall–Kier alpha value is -0.300. The molecule has 1 heteroatoms. The van der Waals surface area contributed by atoms with E-state index in [1.165, 1.54) is 24.8 Å². The molecule has 0 amide bonds. The molecule has 1 heterocycles. The number of rotatable bonds is 4. The molecule has 0 spiro atoms. The van der Waals surface area contributed by atoms with Crippen LogP contribution in [0.15, 0.2) is 12.2 Å².